The average molecular weight is 257 g/mol. The van der Waals surface area contributed by atoms with Crippen LogP contribution in [0.1, 0.15) is 46.1 Å². The van der Waals surface area contributed by atoms with Crippen LogP contribution in [0.5, 0.6) is 0 Å². The van der Waals surface area contributed by atoms with Crippen molar-refractivity contribution >= 4 is 24.5 Å². The van der Waals surface area contributed by atoms with Gasteiger partial charge in [-0.2, -0.15) is 0 Å². The largest absolute Gasteiger partial charge is 0.494 e. The minimum absolute atomic E-state index is 0.289. The summed E-state index contributed by atoms with van der Waals surface area (Å²) in [5.41, 5.74) is 2.81. The number of benzene rings is 1. The molecule has 1 aromatic rings. The van der Waals surface area contributed by atoms with Crippen molar-refractivity contribution in [1.82, 2.24) is 0 Å². The van der Waals surface area contributed by atoms with Crippen LogP contribution in [0.25, 0.3) is 0 Å². The third-order valence-corrected chi connectivity index (χ3v) is 4.50. The number of fused-ring (bicyclic) bond motifs is 1. The predicted octanol–water partition coefficient (Wildman–Crippen LogP) is 2.81. The van der Waals surface area contributed by atoms with Gasteiger partial charge in [-0.05, 0) is 44.8 Å². The van der Waals surface area contributed by atoms with E-state index in [-0.39, 0.29) is 18.3 Å². The van der Waals surface area contributed by atoms with Gasteiger partial charge < -0.3 is 9.31 Å². The van der Waals surface area contributed by atoms with Gasteiger partial charge in [-0.15, -0.1) is 0 Å². The highest BCUT2D eigenvalue weighted by Gasteiger charge is 2.51. The number of aliphatic imine (C=N–C) groups is 1. The summed E-state index contributed by atoms with van der Waals surface area (Å²) in [6.45, 7) is 10.5. The molecule has 1 unspecified atom stereocenters. The maximum atomic E-state index is 6.08. The topological polar surface area (TPSA) is 30.8 Å². The molecule has 2 aliphatic heterocycles. The summed E-state index contributed by atoms with van der Waals surface area (Å²) >= 11 is 0. The molecule has 0 aliphatic carbocycles. The van der Waals surface area contributed by atoms with E-state index in [2.05, 4.69) is 57.8 Å². The van der Waals surface area contributed by atoms with Crippen LogP contribution in [0.4, 0.5) is 5.69 Å². The lowest BCUT2D eigenvalue weighted by Crippen LogP contribution is -2.41. The van der Waals surface area contributed by atoms with Crippen molar-refractivity contribution in [2.75, 3.05) is 0 Å². The third-order valence-electron chi connectivity index (χ3n) is 4.50. The minimum Gasteiger partial charge on any atom is -0.399 e. The molecule has 4 heteroatoms. The number of hydrogen-bond donors (Lipinski definition) is 0. The molecule has 0 radical (unpaired) electrons. The van der Waals surface area contributed by atoms with Gasteiger partial charge in [0.15, 0.2) is 0 Å². The molecule has 1 fully saturated rings. The summed E-state index contributed by atoms with van der Waals surface area (Å²) in [4.78, 5) is 4.40. The van der Waals surface area contributed by atoms with Gasteiger partial charge in [0, 0.05) is 12.1 Å². The maximum absolute atomic E-state index is 6.08. The van der Waals surface area contributed by atoms with Gasteiger partial charge in [0.1, 0.15) is 0 Å². The average Bonchev–Trinajstić information content (AvgIpc) is 2.78. The van der Waals surface area contributed by atoms with E-state index in [0.717, 1.165) is 11.2 Å². The van der Waals surface area contributed by atoms with Crippen molar-refractivity contribution in [3.05, 3.63) is 23.8 Å². The van der Waals surface area contributed by atoms with Crippen molar-refractivity contribution in [2.45, 2.75) is 51.7 Å². The summed E-state index contributed by atoms with van der Waals surface area (Å²) in [7, 11) is -0.289. The molecule has 1 saturated heterocycles. The molecular formula is C15H20BNO2. The van der Waals surface area contributed by atoms with Crippen LogP contribution in [-0.4, -0.2) is 24.5 Å². The Morgan fingerprint density at radius 3 is 2.37 bits per heavy atom. The Labute approximate surface area is 115 Å². The lowest BCUT2D eigenvalue weighted by Gasteiger charge is -2.32. The van der Waals surface area contributed by atoms with E-state index in [0.29, 0.717) is 5.92 Å². The Morgan fingerprint density at radius 2 is 1.74 bits per heavy atom. The molecule has 3 rings (SSSR count). The Kier molecular flexibility index (Phi) is 2.67. The fourth-order valence-corrected chi connectivity index (χ4v) is 2.45. The van der Waals surface area contributed by atoms with Crippen LogP contribution in [0.3, 0.4) is 0 Å². The molecule has 0 bridgehead atoms. The van der Waals surface area contributed by atoms with E-state index >= 15 is 0 Å². The van der Waals surface area contributed by atoms with Gasteiger partial charge in [-0.1, -0.05) is 19.1 Å². The molecule has 19 heavy (non-hydrogen) atoms. The molecule has 1 atom stereocenters. The van der Waals surface area contributed by atoms with Crippen LogP contribution in [0.15, 0.2) is 23.2 Å². The van der Waals surface area contributed by atoms with E-state index in [1.165, 1.54) is 5.56 Å². The van der Waals surface area contributed by atoms with E-state index < -0.39 is 0 Å². The van der Waals surface area contributed by atoms with Crippen molar-refractivity contribution in [3.63, 3.8) is 0 Å². The predicted molar refractivity (Wildman–Crippen MR) is 78.7 cm³/mol. The zero-order valence-corrected chi connectivity index (χ0v) is 12.2. The zero-order valence-electron chi connectivity index (χ0n) is 12.2. The van der Waals surface area contributed by atoms with Gasteiger partial charge in [0.2, 0.25) is 0 Å². The van der Waals surface area contributed by atoms with Crippen LogP contribution < -0.4 is 5.46 Å². The van der Waals surface area contributed by atoms with E-state index in [9.17, 15) is 0 Å². The number of rotatable bonds is 1. The highest BCUT2D eigenvalue weighted by atomic mass is 16.7. The SMILES string of the molecule is CC1C=Nc2ccc(B3OC(C)(C)C(C)(C)O3)cc21. The summed E-state index contributed by atoms with van der Waals surface area (Å²) in [6, 6.07) is 6.27. The molecule has 2 aliphatic rings. The second kappa shape index (κ2) is 3.93. The molecule has 0 saturated carbocycles. The smallest absolute Gasteiger partial charge is 0.399 e. The molecule has 3 nitrogen and oxygen atoms in total. The Hall–Kier alpha value is -1.13. The maximum Gasteiger partial charge on any atom is 0.494 e. The fraction of sp³-hybridized carbons (Fsp3) is 0.533. The molecule has 0 N–H and O–H groups in total. The first-order valence-electron chi connectivity index (χ1n) is 6.84. The van der Waals surface area contributed by atoms with E-state index in [1.54, 1.807) is 0 Å². The minimum atomic E-state index is -0.293. The summed E-state index contributed by atoms with van der Waals surface area (Å²) in [5, 5.41) is 0. The zero-order chi connectivity index (χ0) is 13.8. The molecule has 1 aromatic carbocycles. The summed E-state index contributed by atoms with van der Waals surface area (Å²) < 4.78 is 12.2. The van der Waals surface area contributed by atoms with Gasteiger partial charge in [0.25, 0.3) is 0 Å². The molecule has 100 valence electrons. The number of hydrogen-bond acceptors (Lipinski definition) is 3. The Bertz CT molecular complexity index is 535. The van der Waals surface area contributed by atoms with Crippen molar-refractivity contribution in [1.29, 1.82) is 0 Å². The first kappa shape index (κ1) is 12.9. The van der Waals surface area contributed by atoms with Crippen LogP contribution in [-0.2, 0) is 9.31 Å². The Balaban J connectivity index is 1.92. The van der Waals surface area contributed by atoms with Crippen molar-refractivity contribution in [3.8, 4) is 0 Å². The molecule has 0 aromatic heterocycles. The monoisotopic (exact) mass is 257 g/mol. The second-order valence-corrected chi connectivity index (χ2v) is 6.47. The van der Waals surface area contributed by atoms with Crippen LogP contribution in [0.2, 0.25) is 0 Å². The fourth-order valence-electron chi connectivity index (χ4n) is 2.45. The quantitative estimate of drug-likeness (QED) is 0.724. The third kappa shape index (κ3) is 1.94. The van der Waals surface area contributed by atoms with E-state index in [1.807, 2.05) is 6.21 Å². The molecule has 2 heterocycles. The van der Waals surface area contributed by atoms with Crippen molar-refractivity contribution in [2.24, 2.45) is 4.99 Å². The normalized spacial score (nSPS) is 26.8. The van der Waals surface area contributed by atoms with Gasteiger partial charge in [-0.25, -0.2) is 0 Å². The lowest BCUT2D eigenvalue weighted by atomic mass is 9.77. The lowest BCUT2D eigenvalue weighted by molar-refractivity contribution is 0.00578. The van der Waals surface area contributed by atoms with Gasteiger partial charge >= 0.3 is 7.12 Å². The summed E-state index contributed by atoms with van der Waals surface area (Å²) in [5.74, 6) is 0.373. The Morgan fingerprint density at radius 1 is 1.11 bits per heavy atom. The van der Waals surface area contributed by atoms with Crippen molar-refractivity contribution < 1.29 is 9.31 Å². The molecule has 0 amide bonds. The van der Waals surface area contributed by atoms with Crippen LogP contribution >= 0.6 is 0 Å². The van der Waals surface area contributed by atoms with E-state index in [4.69, 9.17) is 9.31 Å². The van der Waals surface area contributed by atoms with Gasteiger partial charge in [0.05, 0.1) is 16.9 Å². The van der Waals surface area contributed by atoms with Gasteiger partial charge in [-0.3, -0.25) is 4.99 Å². The molecule has 0 spiro atoms. The summed E-state index contributed by atoms with van der Waals surface area (Å²) in [6.07, 6.45) is 1.98. The second-order valence-electron chi connectivity index (χ2n) is 6.47. The highest BCUT2D eigenvalue weighted by Crippen LogP contribution is 2.37. The van der Waals surface area contributed by atoms with Crippen LogP contribution in [0, 0.1) is 0 Å². The standard InChI is InChI=1S/C15H20BNO2/c1-10-9-17-13-7-6-11(8-12(10)13)16-18-14(2,3)15(4,5)19-16/h6-10H,1-5H3. The first-order chi connectivity index (χ1) is 8.80. The first-order valence-corrected chi connectivity index (χ1v) is 6.84. The highest BCUT2D eigenvalue weighted by molar-refractivity contribution is 6.62. The molecular weight excluding hydrogens is 237 g/mol. The number of nitrogens with zero attached hydrogens (tertiary/aromatic N) is 1.